The van der Waals surface area contributed by atoms with Crippen molar-refractivity contribution in [2.45, 2.75) is 0 Å². The van der Waals surface area contributed by atoms with Crippen molar-refractivity contribution in [3.05, 3.63) is 35.1 Å². The molecule has 2 N–H and O–H groups in total. The van der Waals surface area contributed by atoms with E-state index in [1.165, 1.54) is 6.20 Å². The zero-order valence-corrected chi connectivity index (χ0v) is 6.11. The highest BCUT2D eigenvalue weighted by Gasteiger charge is 1.98. The van der Waals surface area contributed by atoms with Gasteiger partial charge in [-0.05, 0) is 6.07 Å². The highest BCUT2D eigenvalue weighted by molar-refractivity contribution is 5.46. The number of imidazole rings is 1. The van der Waals surface area contributed by atoms with E-state index in [1.807, 2.05) is 0 Å². The second-order valence-electron chi connectivity index (χ2n) is 2.23. The molecule has 0 aliphatic heterocycles. The maximum absolute atomic E-state index is 10.8. The van der Waals surface area contributed by atoms with E-state index in [-0.39, 0.29) is 5.69 Å². The number of hydrogen-bond acceptors (Lipinski definition) is 3. The molecule has 0 atom stereocenters. The molecule has 2 heterocycles. The van der Waals surface area contributed by atoms with Gasteiger partial charge in [0, 0.05) is 18.6 Å². The molecule has 0 saturated heterocycles. The van der Waals surface area contributed by atoms with Crippen LogP contribution in [-0.2, 0) is 0 Å². The topological polar surface area (TPSA) is 74.4 Å². The summed E-state index contributed by atoms with van der Waals surface area (Å²) in [6.45, 7) is 0. The van der Waals surface area contributed by atoms with Crippen molar-refractivity contribution < 1.29 is 0 Å². The summed E-state index contributed by atoms with van der Waals surface area (Å²) in [6.07, 6.45) is 4.75. The predicted octanol–water partition coefficient (Wildman–Crippen LogP) is 0.160. The van der Waals surface area contributed by atoms with Gasteiger partial charge in [0.2, 0.25) is 0 Å². The van der Waals surface area contributed by atoms with Gasteiger partial charge in [0.1, 0.15) is 0 Å². The number of aromatic amines is 2. The van der Waals surface area contributed by atoms with Crippen LogP contribution in [0.5, 0.6) is 0 Å². The van der Waals surface area contributed by atoms with Crippen LogP contribution in [0.1, 0.15) is 0 Å². The van der Waals surface area contributed by atoms with E-state index in [0.717, 1.165) is 0 Å². The van der Waals surface area contributed by atoms with Crippen LogP contribution in [0, 0.1) is 0 Å². The number of nitrogens with zero attached hydrogens (tertiary/aromatic N) is 2. The van der Waals surface area contributed by atoms with Gasteiger partial charge in [0.05, 0.1) is 5.69 Å². The van der Waals surface area contributed by atoms with Gasteiger partial charge in [-0.3, -0.25) is 0 Å². The molecule has 0 radical (unpaired) electrons. The Balaban J connectivity index is 2.55. The summed E-state index contributed by atoms with van der Waals surface area (Å²) in [6, 6.07) is 1.68. The van der Waals surface area contributed by atoms with Crippen molar-refractivity contribution in [3.8, 4) is 11.5 Å². The fraction of sp³-hybridized carbons (Fsp3) is 0. The van der Waals surface area contributed by atoms with Crippen molar-refractivity contribution in [2.75, 3.05) is 0 Å². The van der Waals surface area contributed by atoms with E-state index >= 15 is 0 Å². The molecule has 0 unspecified atom stereocenters. The largest absolute Gasteiger partial charge is 0.345 e. The SMILES string of the molecule is O=c1nccc(-c2ncc[nH]2)[nH]1. The minimum atomic E-state index is -0.371. The Hall–Kier alpha value is -1.91. The first kappa shape index (κ1) is 6.78. The molecule has 0 saturated carbocycles. The van der Waals surface area contributed by atoms with Gasteiger partial charge in [-0.2, -0.15) is 0 Å². The quantitative estimate of drug-likeness (QED) is 0.627. The second-order valence-corrected chi connectivity index (χ2v) is 2.23. The molecule has 0 fully saturated rings. The van der Waals surface area contributed by atoms with Gasteiger partial charge in [-0.15, -0.1) is 0 Å². The minimum Gasteiger partial charge on any atom is -0.343 e. The Bertz CT molecular complexity index is 417. The van der Waals surface area contributed by atoms with Crippen molar-refractivity contribution in [2.24, 2.45) is 0 Å². The zero-order chi connectivity index (χ0) is 8.39. The maximum atomic E-state index is 10.8. The minimum absolute atomic E-state index is 0.371. The summed E-state index contributed by atoms with van der Waals surface area (Å²) in [5.74, 6) is 0.634. The monoisotopic (exact) mass is 162 g/mol. The molecular formula is C7H6N4O. The van der Waals surface area contributed by atoms with E-state index < -0.39 is 0 Å². The number of nitrogens with one attached hydrogen (secondary N) is 2. The Morgan fingerprint density at radius 3 is 2.83 bits per heavy atom. The van der Waals surface area contributed by atoms with E-state index in [4.69, 9.17) is 0 Å². The van der Waals surface area contributed by atoms with Gasteiger partial charge in [0.15, 0.2) is 5.82 Å². The first-order valence-corrected chi connectivity index (χ1v) is 3.41. The highest BCUT2D eigenvalue weighted by Crippen LogP contribution is 2.06. The van der Waals surface area contributed by atoms with Crippen LogP contribution in [0.2, 0.25) is 0 Å². The van der Waals surface area contributed by atoms with Gasteiger partial charge < -0.3 is 9.97 Å². The molecule has 0 bridgehead atoms. The van der Waals surface area contributed by atoms with E-state index in [1.54, 1.807) is 18.5 Å². The summed E-state index contributed by atoms with van der Waals surface area (Å²) in [4.78, 5) is 23.7. The van der Waals surface area contributed by atoms with Gasteiger partial charge in [0.25, 0.3) is 0 Å². The smallest absolute Gasteiger partial charge is 0.343 e. The van der Waals surface area contributed by atoms with E-state index in [2.05, 4.69) is 19.9 Å². The number of hydrogen-bond donors (Lipinski definition) is 2. The average Bonchev–Trinajstić information content (AvgIpc) is 2.56. The van der Waals surface area contributed by atoms with Crippen LogP contribution < -0.4 is 5.69 Å². The Morgan fingerprint density at radius 2 is 2.17 bits per heavy atom. The van der Waals surface area contributed by atoms with E-state index in [9.17, 15) is 4.79 Å². The molecule has 2 aromatic heterocycles. The molecule has 2 aromatic rings. The van der Waals surface area contributed by atoms with Crippen LogP contribution >= 0.6 is 0 Å². The molecule has 5 nitrogen and oxygen atoms in total. The molecule has 0 aliphatic carbocycles. The van der Waals surface area contributed by atoms with Gasteiger partial charge in [-0.25, -0.2) is 14.8 Å². The number of rotatable bonds is 1. The second kappa shape index (κ2) is 2.61. The Kier molecular flexibility index (Phi) is 1.48. The standard InChI is InChI=1S/C7H6N4O/c12-7-10-2-1-5(11-7)6-8-3-4-9-6/h1-4H,(H,8,9)(H,10,11,12). The van der Waals surface area contributed by atoms with Gasteiger partial charge >= 0.3 is 5.69 Å². The lowest BCUT2D eigenvalue weighted by Gasteiger charge is -1.92. The molecular weight excluding hydrogens is 156 g/mol. The molecule has 12 heavy (non-hydrogen) atoms. The summed E-state index contributed by atoms with van der Waals surface area (Å²) < 4.78 is 0. The van der Waals surface area contributed by atoms with Crippen LogP contribution in [-0.4, -0.2) is 19.9 Å². The first-order chi connectivity index (χ1) is 5.86. The summed E-state index contributed by atoms with van der Waals surface area (Å²) in [5.41, 5.74) is 0.268. The number of H-pyrrole nitrogens is 2. The molecule has 0 aliphatic rings. The van der Waals surface area contributed by atoms with Crippen molar-refractivity contribution in [1.82, 2.24) is 19.9 Å². The van der Waals surface area contributed by atoms with Gasteiger partial charge in [-0.1, -0.05) is 0 Å². The third-order valence-corrected chi connectivity index (χ3v) is 1.43. The molecule has 2 rings (SSSR count). The van der Waals surface area contributed by atoms with Crippen molar-refractivity contribution >= 4 is 0 Å². The van der Waals surface area contributed by atoms with E-state index in [0.29, 0.717) is 11.5 Å². The lowest BCUT2D eigenvalue weighted by atomic mass is 10.4. The molecule has 0 spiro atoms. The van der Waals surface area contributed by atoms with Crippen molar-refractivity contribution in [1.29, 1.82) is 0 Å². The zero-order valence-electron chi connectivity index (χ0n) is 6.11. The fourth-order valence-electron chi connectivity index (χ4n) is 0.919. The third kappa shape index (κ3) is 1.12. The molecule has 0 aromatic carbocycles. The Morgan fingerprint density at radius 1 is 1.25 bits per heavy atom. The lowest BCUT2D eigenvalue weighted by molar-refractivity contribution is 1.06. The third-order valence-electron chi connectivity index (χ3n) is 1.43. The predicted molar refractivity (Wildman–Crippen MR) is 42.4 cm³/mol. The summed E-state index contributed by atoms with van der Waals surface area (Å²) >= 11 is 0. The fourth-order valence-corrected chi connectivity index (χ4v) is 0.919. The van der Waals surface area contributed by atoms with Crippen LogP contribution in [0.3, 0.4) is 0 Å². The Labute approximate surface area is 67.5 Å². The normalized spacial score (nSPS) is 10.0. The maximum Gasteiger partial charge on any atom is 0.345 e. The lowest BCUT2D eigenvalue weighted by Crippen LogP contribution is -2.09. The first-order valence-electron chi connectivity index (χ1n) is 3.41. The molecule has 60 valence electrons. The van der Waals surface area contributed by atoms with Crippen LogP contribution in [0.15, 0.2) is 29.5 Å². The van der Waals surface area contributed by atoms with Crippen LogP contribution in [0.4, 0.5) is 0 Å². The van der Waals surface area contributed by atoms with Crippen LogP contribution in [0.25, 0.3) is 11.5 Å². The highest BCUT2D eigenvalue weighted by atomic mass is 16.1. The summed E-state index contributed by atoms with van der Waals surface area (Å²) in [7, 11) is 0. The van der Waals surface area contributed by atoms with Crippen molar-refractivity contribution in [3.63, 3.8) is 0 Å². The molecule has 5 heteroatoms. The molecule has 0 amide bonds. The average molecular weight is 162 g/mol. The summed E-state index contributed by atoms with van der Waals surface area (Å²) in [5, 5.41) is 0. The number of aromatic nitrogens is 4.